The van der Waals surface area contributed by atoms with Crippen molar-refractivity contribution in [2.75, 3.05) is 5.32 Å². The largest absolute Gasteiger partial charge is 0.358 e. The van der Waals surface area contributed by atoms with Gasteiger partial charge in [0.1, 0.15) is 0 Å². The van der Waals surface area contributed by atoms with Crippen molar-refractivity contribution >= 4 is 45.7 Å². The van der Waals surface area contributed by atoms with E-state index >= 15 is 0 Å². The highest BCUT2D eigenvalue weighted by molar-refractivity contribution is 6.42. The summed E-state index contributed by atoms with van der Waals surface area (Å²) in [5.74, 6) is -0.137. The molecule has 1 fully saturated rings. The molecule has 6 heteroatoms. The lowest BCUT2D eigenvalue weighted by Gasteiger charge is -2.08. The number of anilines is 1. The molecule has 0 saturated heterocycles. The molecule has 0 aliphatic heterocycles. The predicted molar refractivity (Wildman–Crippen MR) is 110 cm³/mol. The molecule has 4 nitrogen and oxygen atoms in total. The lowest BCUT2D eigenvalue weighted by molar-refractivity contribution is -0.117. The molecule has 2 unspecified atom stereocenters. The molecular weight excluding hydrogens is 383 g/mol. The van der Waals surface area contributed by atoms with Gasteiger partial charge in [-0.05, 0) is 48.6 Å². The van der Waals surface area contributed by atoms with E-state index in [4.69, 9.17) is 23.2 Å². The normalized spacial score (nSPS) is 18.5. The number of pyridine rings is 1. The van der Waals surface area contributed by atoms with E-state index in [1.807, 2.05) is 25.1 Å². The van der Waals surface area contributed by atoms with Crippen LogP contribution in [0.5, 0.6) is 0 Å². The van der Waals surface area contributed by atoms with Gasteiger partial charge in [0, 0.05) is 34.3 Å². The van der Waals surface area contributed by atoms with E-state index in [1.165, 1.54) is 0 Å². The molecule has 1 heterocycles. The van der Waals surface area contributed by atoms with E-state index in [0.29, 0.717) is 21.1 Å². The van der Waals surface area contributed by atoms with Gasteiger partial charge in [-0.2, -0.15) is 0 Å². The molecule has 27 heavy (non-hydrogen) atoms. The molecule has 1 aromatic heterocycles. The van der Waals surface area contributed by atoms with Crippen molar-refractivity contribution in [1.29, 1.82) is 0 Å². The topological polar surface area (TPSA) is 62.0 Å². The van der Waals surface area contributed by atoms with E-state index in [9.17, 15) is 9.59 Å². The summed E-state index contributed by atoms with van der Waals surface area (Å²) < 4.78 is 0. The number of carbonyl (C=O) groups excluding carboxylic acids is 1. The summed E-state index contributed by atoms with van der Waals surface area (Å²) in [7, 11) is 0. The van der Waals surface area contributed by atoms with Crippen LogP contribution in [-0.2, 0) is 11.2 Å². The molecule has 4 rings (SSSR count). The smallest absolute Gasteiger partial charge is 0.228 e. The number of rotatable bonds is 4. The third kappa shape index (κ3) is 3.47. The SMILES string of the molecule is CCc1cc(=O)c2cc(NC(=O)C3CC3c3cccc(Cl)c3Cl)ccc2[nH]1. The third-order valence-corrected chi connectivity index (χ3v) is 5.88. The fourth-order valence-electron chi connectivity index (χ4n) is 3.44. The van der Waals surface area contributed by atoms with Crippen LogP contribution >= 0.6 is 23.2 Å². The van der Waals surface area contributed by atoms with Gasteiger partial charge in [0.25, 0.3) is 0 Å². The van der Waals surface area contributed by atoms with Gasteiger partial charge in [-0.15, -0.1) is 0 Å². The third-order valence-electron chi connectivity index (χ3n) is 5.04. The zero-order valence-electron chi connectivity index (χ0n) is 14.7. The van der Waals surface area contributed by atoms with Crippen molar-refractivity contribution < 1.29 is 4.79 Å². The molecule has 1 aliphatic carbocycles. The molecule has 138 valence electrons. The van der Waals surface area contributed by atoms with Gasteiger partial charge in [-0.25, -0.2) is 0 Å². The summed E-state index contributed by atoms with van der Waals surface area (Å²) in [4.78, 5) is 28.1. The summed E-state index contributed by atoms with van der Waals surface area (Å²) in [6.45, 7) is 1.99. The molecule has 0 radical (unpaired) electrons. The number of aromatic nitrogens is 1. The van der Waals surface area contributed by atoms with E-state index in [-0.39, 0.29) is 23.2 Å². The highest BCUT2D eigenvalue weighted by atomic mass is 35.5. The molecule has 1 aliphatic rings. The van der Waals surface area contributed by atoms with Gasteiger partial charge in [0.2, 0.25) is 5.91 Å². The van der Waals surface area contributed by atoms with E-state index in [2.05, 4.69) is 10.3 Å². The fraction of sp³-hybridized carbons (Fsp3) is 0.238. The maximum absolute atomic E-state index is 12.6. The van der Waals surface area contributed by atoms with Crippen molar-refractivity contribution in [2.24, 2.45) is 5.92 Å². The summed E-state index contributed by atoms with van der Waals surface area (Å²) >= 11 is 12.3. The lowest BCUT2D eigenvalue weighted by atomic mass is 10.1. The Morgan fingerprint density at radius 1 is 1.22 bits per heavy atom. The number of fused-ring (bicyclic) bond motifs is 1. The van der Waals surface area contributed by atoms with Gasteiger partial charge in [0.15, 0.2) is 5.43 Å². The number of aryl methyl sites for hydroxylation is 1. The highest BCUT2D eigenvalue weighted by Crippen LogP contribution is 2.51. The van der Waals surface area contributed by atoms with Crippen LogP contribution in [0.4, 0.5) is 5.69 Å². The van der Waals surface area contributed by atoms with Gasteiger partial charge >= 0.3 is 0 Å². The summed E-state index contributed by atoms with van der Waals surface area (Å²) in [6.07, 6.45) is 1.50. The number of amides is 1. The number of nitrogens with one attached hydrogen (secondary N) is 2. The van der Waals surface area contributed by atoms with Crippen LogP contribution in [0.1, 0.15) is 30.5 Å². The Kier molecular flexibility index (Phi) is 4.70. The number of halogens is 2. The van der Waals surface area contributed by atoms with E-state index in [1.54, 1.807) is 24.3 Å². The first kappa shape index (κ1) is 18.1. The average Bonchev–Trinajstić information content (AvgIpc) is 3.45. The number of hydrogen-bond acceptors (Lipinski definition) is 2. The zero-order chi connectivity index (χ0) is 19.1. The van der Waals surface area contributed by atoms with Crippen molar-refractivity contribution in [3.8, 4) is 0 Å². The van der Waals surface area contributed by atoms with Gasteiger partial charge in [0.05, 0.1) is 10.0 Å². The molecule has 1 saturated carbocycles. The molecule has 2 aromatic carbocycles. The number of carbonyl (C=O) groups is 1. The summed E-state index contributed by atoms with van der Waals surface area (Å²) in [6, 6.07) is 12.4. The second kappa shape index (κ2) is 7.02. The Hall–Kier alpha value is -2.30. The molecule has 2 atom stereocenters. The van der Waals surface area contributed by atoms with Crippen LogP contribution in [0.25, 0.3) is 10.9 Å². The monoisotopic (exact) mass is 400 g/mol. The Balaban J connectivity index is 1.53. The predicted octanol–water partition coefficient (Wildman–Crippen LogP) is 5.14. The molecule has 1 amide bonds. The first-order valence-corrected chi connectivity index (χ1v) is 9.64. The maximum atomic E-state index is 12.6. The molecule has 2 N–H and O–H groups in total. The first-order chi connectivity index (χ1) is 13.0. The minimum absolute atomic E-state index is 0.0493. The lowest BCUT2D eigenvalue weighted by Crippen LogP contribution is -2.15. The summed E-state index contributed by atoms with van der Waals surface area (Å²) in [5, 5.41) is 4.50. The van der Waals surface area contributed by atoms with E-state index < -0.39 is 0 Å². The molecule has 0 spiro atoms. The van der Waals surface area contributed by atoms with Crippen molar-refractivity contribution in [3.05, 3.63) is 74.0 Å². The Bertz CT molecular complexity index is 1110. The van der Waals surface area contributed by atoms with Gasteiger partial charge in [-0.3, -0.25) is 9.59 Å². The summed E-state index contributed by atoms with van der Waals surface area (Å²) in [5.41, 5.74) is 3.14. The van der Waals surface area contributed by atoms with Crippen molar-refractivity contribution in [1.82, 2.24) is 4.98 Å². The maximum Gasteiger partial charge on any atom is 0.228 e. The van der Waals surface area contributed by atoms with Crippen molar-refractivity contribution in [2.45, 2.75) is 25.7 Å². The Labute approximate surface area is 166 Å². The number of benzene rings is 2. The van der Waals surface area contributed by atoms with Crippen LogP contribution in [0.15, 0.2) is 47.3 Å². The minimum atomic E-state index is -0.141. The average molecular weight is 401 g/mol. The second-order valence-corrected chi connectivity index (χ2v) is 7.64. The van der Waals surface area contributed by atoms with Gasteiger partial charge in [-0.1, -0.05) is 42.3 Å². The molecular formula is C21H18Cl2N2O2. The fourth-order valence-corrected chi connectivity index (χ4v) is 3.89. The number of hydrogen-bond donors (Lipinski definition) is 2. The minimum Gasteiger partial charge on any atom is -0.358 e. The number of H-pyrrole nitrogens is 1. The quantitative estimate of drug-likeness (QED) is 0.636. The van der Waals surface area contributed by atoms with Crippen LogP contribution in [0.2, 0.25) is 10.0 Å². The second-order valence-electron chi connectivity index (χ2n) is 6.85. The molecule has 0 bridgehead atoms. The van der Waals surface area contributed by atoms with E-state index in [0.717, 1.165) is 29.6 Å². The van der Waals surface area contributed by atoms with Crippen LogP contribution in [0.3, 0.4) is 0 Å². The standard InChI is InChI=1S/C21H18Cl2N2O2/c1-2-11-9-19(26)16-8-12(6-7-18(16)24-11)25-21(27)15-10-14(15)13-4-3-5-17(22)20(13)23/h3-9,14-15H,2,10H2,1H3,(H,24,26)(H,25,27). The van der Waals surface area contributed by atoms with Crippen LogP contribution in [-0.4, -0.2) is 10.9 Å². The Morgan fingerprint density at radius 2 is 2.04 bits per heavy atom. The van der Waals surface area contributed by atoms with Crippen LogP contribution in [0, 0.1) is 5.92 Å². The first-order valence-electron chi connectivity index (χ1n) is 8.88. The highest BCUT2D eigenvalue weighted by Gasteiger charge is 2.45. The molecule has 3 aromatic rings. The van der Waals surface area contributed by atoms with Crippen LogP contribution < -0.4 is 10.7 Å². The number of aromatic amines is 1. The Morgan fingerprint density at radius 3 is 2.81 bits per heavy atom. The van der Waals surface area contributed by atoms with Crippen molar-refractivity contribution in [3.63, 3.8) is 0 Å². The zero-order valence-corrected chi connectivity index (χ0v) is 16.2. The van der Waals surface area contributed by atoms with Gasteiger partial charge < -0.3 is 10.3 Å².